The van der Waals surface area contributed by atoms with E-state index in [0.29, 0.717) is 22.9 Å². The Balaban J connectivity index is 2.08. The van der Waals surface area contributed by atoms with E-state index in [9.17, 15) is 14.0 Å². The molecule has 0 fully saturated rings. The van der Waals surface area contributed by atoms with E-state index in [1.54, 1.807) is 32.2 Å². The monoisotopic (exact) mass is 365 g/mol. The zero-order chi connectivity index (χ0) is 19.3. The summed E-state index contributed by atoms with van der Waals surface area (Å²) in [7, 11) is 1.45. The Morgan fingerprint density at radius 1 is 1.07 bits per heavy atom. The fraction of sp³-hybridized carbons (Fsp3) is 0.150. The average molecular weight is 365 g/mol. The number of aromatic nitrogens is 3. The lowest BCUT2D eigenvalue weighted by Crippen LogP contribution is -2.38. The summed E-state index contributed by atoms with van der Waals surface area (Å²) in [6.45, 7) is 3.53. The van der Waals surface area contributed by atoms with Gasteiger partial charge in [-0.2, -0.15) is 0 Å². The molecule has 4 rings (SSSR count). The number of halogens is 1. The van der Waals surface area contributed by atoms with Crippen LogP contribution in [-0.2, 0) is 7.05 Å². The van der Waals surface area contributed by atoms with Gasteiger partial charge in [0, 0.05) is 19.5 Å². The molecule has 6 nitrogen and oxygen atoms in total. The predicted molar refractivity (Wildman–Crippen MR) is 99.7 cm³/mol. The highest BCUT2D eigenvalue weighted by molar-refractivity contribution is 5.79. The number of benzene rings is 2. The summed E-state index contributed by atoms with van der Waals surface area (Å²) in [6.07, 6.45) is 1.60. The van der Waals surface area contributed by atoms with Gasteiger partial charge in [0.25, 0.3) is 5.56 Å². The van der Waals surface area contributed by atoms with Crippen molar-refractivity contribution in [2.24, 2.45) is 7.05 Å². The summed E-state index contributed by atoms with van der Waals surface area (Å²) < 4.78 is 22.0. The Labute approximate surface area is 153 Å². The first-order valence-electron chi connectivity index (χ1n) is 8.33. The van der Waals surface area contributed by atoms with E-state index in [2.05, 4.69) is 4.98 Å². The van der Waals surface area contributed by atoms with Gasteiger partial charge in [-0.1, -0.05) is 18.2 Å². The SMILES string of the molecule is Cc1ncc(-c2cccc(-n3c(=O)c4cccc(F)c4n(C)c3=O)c2C)o1. The third kappa shape index (κ3) is 2.51. The molecule has 0 bridgehead atoms. The van der Waals surface area contributed by atoms with Crippen molar-refractivity contribution in [3.8, 4) is 17.0 Å². The van der Waals surface area contributed by atoms with E-state index >= 15 is 0 Å². The second-order valence-electron chi connectivity index (χ2n) is 6.31. The smallest absolute Gasteiger partial charge is 0.335 e. The van der Waals surface area contributed by atoms with Gasteiger partial charge in [-0.3, -0.25) is 9.36 Å². The van der Waals surface area contributed by atoms with Crippen LogP contribution in [0.2, 0.25) is 0 Å². The van der Waals surface area contributed by atoms with Crippen molar-refractivity contribution in [3.05, 3.63) is 80.7 Å². The maximum absolute atomic E-state index is 14.2. The highest BCUT2D eigenvalue weighted by atomic mass is 19.1. The average Bonchev–Trinajstić information content (AvgIpc) is 3.07. The maximum atomic E-state index is 14.2. The Morgan fingerprint density at radius 3 is 2.52 bits per heavy atom. The van der Waals surface area contributed by atoms with Gasteiger partial charge >= 0.3 is 5.69 Å². The Morgan fingerprint density at radius 2 is 1.81 bits per heavy atom. The summed E-state index contributed by atoms with van der Waals surface area (Å²) in [4.78, 5) is 30.0. The first kappa shape index (κ1) is 17.0. The molecule has 0 aliphatic heterocycles. The van der Waals surface area contributed by atoms with Crippen molar-refractivity contribution in [1.29, 1.82) is 0 Å². The number of aryl methyl sites for hydroxylation is 2. The molecule has 7 heteroatoms. The zero-order valence-electron chi connectivity index (χ0n) is 15.0. The molecule has 0 aliphatic rings. The van der Waals surface area contributed by atoms with Crippen LogP contribution in [0.4, 0.5) is 4.39 Å². The molecule has 0 spiro atoms. The van der Waals surface area contributed by atoms with Crippen molar-refractivity contribution in [1.82, 2.24) is 14.1 Å². The molecular weight excluding hydrogens is 349 g/mol. The van der Waals surface area contributed by atoms with Gasteiger partial charge in [-0.05, 0) is 30.7 Å². The lowest BCUT2D eigenvalue weighted by molar-refractivity contribution is 0.534. The second-order valence-corrected chi connectivity index (χ2v) is 6.31. The first-order chi connectivity index (χ1) is 12.9. The third-order valence-corrected chi connectivity index (χ3v) is 4.67. The number of oxazole rings is 1. The minimum absolute atomic E-state index is 0.0107. The summed E-state index contributed by atoms with van der Waals surface area (Å²) in [6, 6.07) is 9.43. The van der Waals surface area contributed by atoms with Crippen LogP contribution in [0.1, 0.15) is 11.5 Å². The first-order valence-corrected chi connectivity index (χ1v) is 8.33. The van der Waals surface area contributed by atoms with E-state index < -0.39 is 17.1 Å². The molecule has 0 amide bonds. The molecule has 2 aromatic heterocycles. The maximum Gasteiger partial charge on any atom is 0.335 e. The molecule has 136 valence electrons. The van der Waals surface area contributed by atoms with Gasteiger partial charge in [0.1, 0.15) is 5.82 Å². The van der Waals surface area contributed by atoms with E-state index in [1.165, 1.54) is 25.2 Å². The number of hydrogen-bond donors (Lipinski definition) is 0. The van der Waals surface area contributed by atoms with E-state index in [0.717, 1.165) is 14.7 Å². The minimum Gasteiger partial charge on any atom is -0.441 e. The van der Waals surface area contributed by atoms with Crippen molar-refractivity contribution in [3.63, 3.8) is 0 Å². The van der Waals surface area contributed by atoms with Crippen molar-refractivity contribution in [2.75, 3.05) is 0 Å². The normalized spacial score (nSPS) is 11.3. The highest BCUT2D eigenvalue weighted by Crippen LogP contribution is 2.27. The second kappa shape index (κ2) is 6.05. The number of hydrogen-bond acceptors (Lipinski definition) is 4. The number of fused-ring (bicyclic) bond motifs is 1. The molecule has 4 aromatic rings. The fourth-order valence-electron chi connectivity index (χ4n) is 3.31. The Hall–Kier alpha value is -3.48. The van der Waals surface area contributed by atoms with E-state index in [-0.39, 0.29) is 10.9 Å². The van der Waals surface area contributed by atoms with E-state index in [1.807, 2.05) is 6.07 Å². The van der Waals surface area contributed by atoms with Crippen LogP contribution in [0.3, 0.4) is 0 Å². The van der Waals surface area contributed by atoms with Gasteiger partial charge in [0.15, 0.2) is 11.7 Å². The number of nitrogens with zero attached hydrogens (tertiary/aromatic N) is 3. The summed E-state index contributed by atoms with van der Waals surface area (Å²) >= 11 is 0. The molecular formula is C20H16FN3O3. The molecule has 0 saturated carbocycles. The third-order valence-electron chi connectivity index (χ3n) is 4.67. The molecule has 27 heavy (non-hydrogen) atoms. The summed E-state index contributed by atoms with van der Waals surface area (Å²) in [5.41, 5.74) is 0.625. The molecule has 2 heterocycles. The van der Waals surface area contributed by atoms with Crippen LogP contribution in [0, 0.1) is 19.7 Å². The lowest BCUT2D eigenvalue weighted by atomic mass is 10.0. The van der Waals surface area contributed by atoms with Crippen LogP contribution < -0.4 is 11.2 Å². The highest BCUT2D eigenvalue weighted by Gasteiger charge is 2.18. The van der Waals surface area contributed by atoms with Crippen LogP contribution >= 0.6 is 0 Å². The summed E-state index contributed by atoms with van der Waals surface area (Å²) in [5.74, 6) is 0.451. The van der Waals surface area contributed by atoms with Gasteiger partial charge in [0.05, 0.1) is 22.8 Å². The fourth-order valence-corrected chi connectivity index (χ4v) is 3.31. The van der Waals surface area contributed by atoms with Crippen LogP contribution in [0.5, 0.6) is 0 Å². The Bertz CT molecular complexity index is 1310. The van der Waals surface area contributed by atoms with Crippen LogP contribution in [-0.4, -0.2) is 14.1 Å². The van der Waals surface area contributed by atoms with Gasteiger partial charge in [-0.25, -0.2) is 18.7 Å². The lowest BCUT2D eigenvalue weighted by Gasteiger charge is -2.14. The molecule has 0 atom stereocenters. The molecule has 0 unspecified atom stereocenters. The molecule has 0 saturated heterocycles. The zero-order valence-corrected chi connectivity index (χ0v) is 15.0. The van der Waals surface area contributed by atoms with Crippen LogP contribution in [0.15, 0.2) is 56.6 Å². The van der Waals surface area contributed by atoms with E-state index in [4.69, 9.17) is 4.42 Å². The van der Waals surface area contributed by atoms with Gasteiger partial charge in [0.2, 0.25) is 0 Å². The molecule has 0 N–H and O–H groups in total. The van der Waals surface area contributed by atoms with Crippen molar-refractivity contribution < 1.29 is 8.81 Å². The molecule has 0 radical (unpaired) electrons. The Kier molecular flexibility index (Phi) is 3.80. The van der Waals surface area contributed by atoms with Crippen LogP contribution in [0.25, 0.3) is 27.9 Å². The topological polar surface area (TPSA) is 70.0 Å². The quantitative estimate of drug-likeness (QED) is 0.547. The van der Waals surface area contributed by atoms with Gasteiger partial charge in [-0.15, -0.1) is 0 Å². The van der Waals surface area contributed by atoms with Gasteiger partial charge < -0.3 is 4.42 Å². The standard InChI is InChI=1S/C20H16FN3O3/c1-11-13(17-10-22-12(2)27-17)6-5-9-16(11)24-19(25)14-7-4-8-15(21)18(14)23(3)20(24)26/h4-10H,1-3H3. The predicted octanol–water partition coefficient (Wildman–Crippen LogP) is 3.10. The minimum atomic E-state index is -0.619. The number of rotatable bonds is 2. The van der Waals surface area contributed by atoms with Crippen molar-refractivity contribution in [2.45, 2.75) is 13.8 Å². The number of para-hydroxylation sites is 1. The largest absolute Gasteiger partial charge is 0.441 e. The van der Waals surface area contributed by atoms with Crippen molar-refractivity contribution >= 4 is 10.9 Å². The summed E-state index contributed by atoms with van der Waals surface area (Å²) in [5, 5.41) is 0.136. The molecule has 2 aromatic carbocycles. The molecule has 0 aliphatic carbocycles.